The lowest BCUT2D eigenvalue weighted by atomic mass is 9.44. The van der Waals surface area contributed by atoms with Gasteiger partial charge in [0.2, 0.25) is 0 Å². The first-order valence-corrected chi connectivity index (χ1v) is 10.3. The van der Waals surface area contributed by atoms with Gasteiger partial charge >= 0.3 is 0 Å². The molecule has 0 aliphatic heterocycles. The topological polar surface area (TPSA) is 77.8 Å². The van der Waals surface area contributed by atoms with Gasteiger partial charge in [-0.1, -0.05) is 20.8 Å². The zero-order valence-electron chi connectivity index (χ0n) is 15.8. The molecule has 3 N–H and O–H groups in total. The van der Waals surface area contributed by atoms with E-state index in [9.17, 15) is 20.1 Å². The number of hydrogen-bond donors (Lipinski definition) is 3. The Morgan fingerprint density at radius 1 is 0.960 bits per heavy atom. The molecular formula is C21H34O4. The number of fused-ring (bicyclic) bond motifs is 5. The van der Waals surface area contributed by atoms with Crippen LogP contribution in [-0.4, -0.2) is 39.4 Å². The monoisotopic (exact) mass is 350 g/mol. The molecule has 0 spiro atoms. The normalized spacial score (nSPS) is 58.4. The molecule has 0 amide bonds. The van der Waals surface area contributed by atoms with Crippen LogP contribution in [0.25, 0.3) is 0 Å². The van der Waals surface area contributed by atoms with Gasteiger partial charge < -0.3 is 15.3 Å². The van der Waals surface area contributed by atoms with Gasteiger partial charge in [-0.05, 0) is 73.0 Å². The van der Waals surface area contributed by atoms with E-state index in [0.717, 1.165) is 38.5 Å². The Morgan fingerprint density at radius 3 is 2.36 bits per heavy atom. The van der Waals surface area contributed by atoms with Gasteiger partial charge in [0.1, 0.15) is 11.9 Å². The molecule has 0 saturated heterocycles. The Labute approximate surface area is 151 Å². The van der Waals surface area contributed by atoms with Crippen LogP contribution in [0.15, 0.2) is 0 Å². The van der Waals surface area contributed by atoms with Crippen molar-refractivity contribution >= 4 is 5.78 Å². The van der Waals surface area contributed by atoms with E-state index < -0.39 is 18.3 Å². The summed E-state index contributed by atoms with van der Waals surface area (Å²) < 4.78 is 0. The van der Waals surface area contributed by atoms with E-state index in [1.54, 1.807) is 0 Å². The second-order valence-corrected chi connectivity index (χ2v) is 9.99. The molecule has 0 radical (unpaired) electrons. The summed E-state index contributed by atoms with van der Waals surface area (Å²) in [7, 11) is 0. The Bertz CT molecular complexity index is 562. The zero-order valence-corrected chi connectivity index (χ0v) is 15.8. The number of hydrogen-bond acceptors (Lipinski definition) is 4. The predicted octanol–water partition coefficient (Wildman–Crippen LogP) is 2.54. The number of carbonyl (C=O) groups excluding carboxylic acids is 1. The first-order chi connectivity index (χ1) is 11.7. The molecule has 4 rings (SSSR count). The average molecular weight is 350 g/mol. The molecule has 4 heteroatoms. The molecule has 25 heavy (non-hydrogen) atoms. The van der Waals surface area contributed by atoms with Crippen LogP contribution in [0, 0.1) is 40.4 Å². The minimum atomic E-state index is -1.01. The second kappa shape index (κ2) is 5.77. The highest BCUT2D eigenvalue weighted by Crippen LogP contribution is 2.67. The van der Waals surface area contributed by atoms with Crippen molar-refractivity contribution in [2.45, 2.75) is 84.0 Å². The fourth-order valence-corrected chi connectivity index (χ4v) is 7.97. The molecule has 4 saturated carbocycles. The number of Topliss-reactive ketones (excluding diaryl/α,β-unsaturated/α-hetero) is 1. The van der Waals surface area contributed by atoms with Crippen molar-refractivity contribution in [1.29, 1.82) is 0 Å². The van der Waals surface area contributed by atoms with E-state index in [1.165, 1.54) is 0 Å². The quantitative estimate of drug-likeness (QED) is 0.679. The minimum absolute atomic E-state index is 0.0654. The van der Waals surface area contributed by atoms with Crippen LogP contribution in [0.2, 0.25) is 0 Å². The summed E-state index contributed by atoms with van der Waals surface area (Å²) in [5.41, 5.74) is 0.0112. The van der Waals surface area contributed by atoms with Crippen LogP contribution in [-0.2, 0) is 4.79 Å². The second-order valence-electron chi connectivity index (χ2n) is 9.99. The number of rotatable bonds is 1. The molecule has 0 bridgehead atoms. The van der Waals surface area contributed by atoms with E-state index in [0.29, 0.717) is 30.0 Å². The Hall–Kier alpha value is -0.450. The molecule has 0 unspecified atom stereocenters. The highest BCUT2D eigenvalue weighted by atomic mass is 16.4. The zero-order chi connectivity index (χ0) is 18.1. The molecule has 10 atom stereocenters. The van der Waals surface area contributed by atoms with E-state index in [1.807, 2.05) is 0 Å². The first-order valence-electron chi connectivity index (χ1n) is 10.3. The molecule has 0 aromatic carbocycles. The number of ketones is 1. The summed E-state index contributed by atoms with van der Waals surface area (Å²) in [6.07, 6.45) is 3.71. The van der Waals surface area contributed by atoms with E-state index in [4.69, 9.17) is 0 Å². The average Bonchev–Trinajstić information content (AvgIpc) is 2.82. The molecule has 0 aromatic rings. The summed E-state index contributed by atoms with van der Waals surface area (Å²) >= 11 is 0. The highest BCUT2D eigenvalue weighted by Gasteiger charge is 2.63. The molecule has 142 valence electrons. The Balaban J connectivity index is 1.66. The number of aliphatic hydroxyl groups excluding tert-OH is 3. The van der Waals surface area contributed by atoms with Gasteiger partial charge in [0.15, 0.2) is 0 Å². The number of carbonyl (C=O) groups is 1. The highest BCUT2D eigenvalue weighted by molar-refractivity contribution is 5.84. The lowest BCUT2D eigenvalue weighted by molar-refractivity contribution is -0.207. The van der Waals surface area contributed by atoms with Crippen LogP contribution in [0.1, 0.15) is 65.7 Å². The summed E-state index contributed by atoms with van der Waals surface area (Å²) in [5, 5.41) is 31.1. The van der Waals surface area contributed by atoms with E-state index in [-0.39, 0.29) is 22.7 Å². The number of aliphatic hydroxyl groups is 3. The molecule has 4 fully saturated rings. The van der Waals surface area contributed by atoms with E-state index in [2.05, 4.69) is 20.8 Å². The molecule has 4 aliphatic rings. The van der Waals surface area contributed by atoms with Crippen molar-refractivity contribution in [1.82, 2.24) is 0 Å². The van der Waals surface area contributed by atoms with Gasteiger partial charge in [-0.15, -0.1) is 0 Å². The Kier molecular flexibility index (Phi) is 4.14. The van der Waals surface area contributed by atoms with Gasteiger partial charge in [-0.2, -0.15) is 0 Å². The van der Waals surface area contributed by atoms with Gasteiger partial charge in [0.05, 0.1) is 12.2 Å². The SMILES string of the molecule is CC[C@H]1C(=O)C[C@@H]2[C@@H]3CC[C@@H]4[C@@H](O)[C@@H](O)[C@@H](O)C[C@]4(C)[C@@H]3CC[C@@]21C. The van der Waals surface area contributed by atoms with Gasteiger partial charge in [-0.25, -0.2) is 0 Å². The van der Waals surface area contributed by atoms with Crippen molar-refractivity contribution in [3.05, 3.63) is 0 Å². The van der Waals surface area contributed by atoms with Crippen LogP contribution in [0.3, 0.4) is 0 Å². The van der Waals surface area contributed by atoms with Crippen molar-refractivity contribution in [2.75, 3.05) is 0 Å². The van der Waals surface area contributed by atoms with Crippen LogP contribution >= 0.6 is 0 Å². The summed E-state index contributed by atoms with van der Waals surface area (Å²) in [6.45, 7) is 6.72. The Morgan fingerprint density at radius 2 is 1.68 bits per heavy atom. The fraction of sp³-hybridized carbons (Fsp3) is 0.952. The third kappa shape index (κ3) is 2.26. The van der Waals surface area contributed by atoms with Crippen molar-refractivity contribution in [2.24, 2.45) is 40.4 Å². The van der Waals surface area contributed by atoms with Gasteiger partial charge in [-0.3, -0.25) is 4.79 Å². The molecule has 4 nitrogen and oxygen atoms in total. The van der Waals surface area contributed by atoms with Gasteiger partial charge in [0, 0.05) is 12.3 Å². The smallest absolute Gasteiger partial charge is 0.136 e. The maximum absolute atomic E-state index is 12.6. The fourth-order valence-electron chi connectivity index (χ4n) is 7.97. The van der Waals surface area contributed by atoms with Crippen LogP contribution in [0.4, 0.5) is 0 Å². The third-order valence-corrected chi connectivity index (χ3v) is 9.20. The maximum Gasteiger partial charge on any atom is 0.136 e. The van der Waals surface area contributed by atoms with Crippen LogP contribution in [0.5, 0.6) is 0 Å². The predicted molar refractivity (Wildman–Crippen MR) is 94.7 cm³/mol. The summed E-state index contributed by atoms with van der Waals surface area (Å²) in [4.78, 5) is 12.6. The minimum Gasteiger partial charge on any atom is -0.390 e. The molecule has 0 heterocycles. The summed E-state index contributed by atoms with van der Waals surface area (Å²) in [6, 6.07) is 0. The van der Waals surface area contributed by atoms with Crippen molar-refractivity contribution in [3.8, 4) is 0 Å². The van der Waals surface area contributed by atoms with Crippen LogP contribution < -0.4 is 0 Å². The van der Waals surface area contributed by atoms with E-state index >= 15 is 0 Å². The van der Waals surface area contributed by atoms with Crippen molar-refractivity contribution < 1.29 is 20.1 Å². The molecule has 4 aliphatic carbocycles. The van der Waals surface area contributed by atoms with Crippen molar-refractivity contribution in [3.63, 3.8) is 0 Å². The lowest BCUT2D eigenvalue weighted by Gasteiger charge is -2.62. The molecular weight excluding hydrogens is 316 g/mol. The summed E-state index contributed by atoms with van der Waals surface area (Å²) in [5.74, 6) is 2.17. The standard InChI is InChI=1S/C21H34O4/c1-4-12-16(22)9-15-11-5-6-14-18(24)19(25)17(23)10-21(14,3)13(11)7-8-20(12,15)2/h11-15,17-19,23-25H,4-10H2,1-3H3/t11-,12+,13-,14-,15-,17+,18-,19+,20-,21-/m1/s1. The molecule has 0 aromatic heterocycles. The van der Waals surface area contributed by atoms with Gasteiger partial charge in [0.25, 0.3) is 0 Å². The lowest BCUT2D eigenvalue weighted by Crippen LogP contribution is -2.61. The largest absolute Gasteiger partial charge is 0.390 e. The third-order valence-electron chi connectivity index (χ3n) is 9.20. The maximum atomic E-state index is 12.6. The first kappa shape index (κ1) is 17.9.